The summed E-state index contributed by atoms with van der Waals surface area (Å²) in [5.41, 5.74) is 3.45. The summed E-state index contributed by atoms with van der Waals surface area (Å²) < 4.78 is 9.85. The number of nitrogens with one attached hydrogen (secondary N) is 2. The van der Waals surface area contributed by atoms with E-state index in [1.54, 1.807) is 6.20 Å². The summed E-state index contributed by atoms with van der Waals surface area (Å²) >= 11 is 0. The van der Waals surface area contributed by atoms with Crippen molar-refractivity contribution in [3.63, 3.8) is 0 Å². The van der Waals surface area contributed by atoms with Crippen LogP contribution in [0.1, 0.15) is 70.1 Å². The quantitative estimate of drug-likeness (QED) is 0.536. The maximum absolute atomic E-state index is 11.4. The average molecular weight is 493 g/mol. The van der Waals surface area contributed by atoms with Crippen molar-refractivity contribution < 1.29 is 9.53 Å². The van der Waals surface area contributed by atoms with Crippen molar-refractivity contribution in [2.75, 3.05) is 30.4 Å². The maximum atomic E-state index is 11.4. The molecule has 2 aliphatic rings. The van der Waals surface area contributed by atoms with Crippen LogP contribution in [0.2, 0.25) is 0 Å². The van der Waals surface area contributed by atoms with Gasteiger partial charge in [0, 0.05) is 62.1 Å². The van der Waals surface area contributed by atoms with Gasteiger partial charge in [-0.3, -0.25) is 19.1 Å². The molecule has 0 bridgehead atoms. The van der Waals surface area contributed by atoms with Crippen LogP contribution >= 0.6 is 0 Å². The predicted octanol–water partition coefficient (Wildman–Crippen LogP) is 4.01. The molecule has 2 atom stereocenters. The minimum absolute atomic E-state index is 0.0231. The molecular weight excluding hydrogens is 456 g/mol. The van der Waals surface area contributed by atoms with E-state index < -0.39 is 0 Å². The second-order valence-corrected chi connectivity index (χ2v) is 10.8. The Balaban J connectivity index is 1.32. The van der Waals surface area contributed by atoms with E-state index in [1.807, 2.05) is 12.1 Å². The summed E-state index contributed by atoms with van der Waals surface area (Å²) in [6, 6.07) is 8.67. The van der Waals surface area contributed by atoms with Crippen molar-refractivity contribution in [3.8, 4) is 0 Å². The van der Waals surface area contributed by atoms with Gasteiger partial charge in [0.1, 0.15) is 5.82 Å². The topological polar surface area (TPSA) is 102 Å². The number of anilines is 3. The molecule has 1 saturated heterocycles. The minimum Gasteiger partial charge on any atom is -0.379 e. The van der Waals surface area contributed by atoms with Crippen LogP contribution in [0.25, 0.3) is 0 Å². The van der Waals surface area contributed by atoms with Gasteiger partial charge in [0.2, 0.25) is 5.91 Å². The number of fused-ring (bicyclic) bond motifs is 1. The van der Waals surface area contributed by atoms with Crippen LogP contribution in [0.4, 0.5) is 17.5 Å². The van der Waals surface area contributed by atoms with Gasteiger partial charge in [-0.05, 0) is 31.0 Å². The van der Waals surface area contributed by atoms with E-state index in [-0.39, 0.29) is 23.4 Å². The molecule has 0 aliphatic carbocycles. The zero-order valence-electron chi connectivity index (χ0n) is 21.8. The molecule has 5 heterocycles. The van der Waals surface area contributed by atoms with E-state index in [0.717, 1.165) is 49.9 Å². The van der Waals surface area contributed by atoms with Crippen LogP contribution in [-0.2, 0) is 28.0 Å². The average Bonchev–Trinajstić information content (AvgIpc) is 3.55. The smallest absolute Gasteiger partial charge is 0.222 e. The number of amides is 1. The third-order valence-electron chi connectivity index (χ3n) is 6.91. The fraction of sp³-hybridized carbons (Fsp3) is 0.538. The van der Waals surface area contributed by atoms with Gasteiger partial charge >= 0.3 is 0 Å². The first-order valence-corrected chi connectivity index (χ1v) is 12.7. The molecule has 1 unspecified atom stereocenters. The molecule has 192 valence electrons. The Labute approximate surface area is 212 Å². The van der Waals surface area contributed by atoms with Crippen LogP contribution in [0, 0.1) is 0 Å². The summed E-state index contributed by atoms with van der Waals surface area (Å²) in [6.07, 6.45) is 2.73. The van der Waals surface area contributed by atoms with Crippen LogP contribution in [-0.4, -0.2) is 55.1 Å². The van der Waals surface area contributed by atoms with Crippen LogP contribution in [0.15, 0.2) is 30.5 Å². The maximum Gasteiger partial charge on any atom is 0.222 e. The Morgan fingerprint density at radius 2 is 1.94 bits per heavy atom. The van der Waals surface area contributed by atoms with Gasteiger partial charge < -0.3 is 15.4 Å². The Hall–Kier alpha value is -3.24. The van der Waals surface area contributed by atoms with Crippen molar-refractivity contribution in [1.82, 2.24) is 29.4 Å². The Morgan fingerprint density at radius 1 is 1.14 bits per heavy atom. The monoisotopic (exact) mass is 492 g/mol. The molecule has 2 aliphatic heterocycles. The standard InChI is InChI=1S/C26H36N8O2/c1-17-21-13-24(29-25-14-22(26(3,4)5)34(31-25)20-7-11-36-16-20)30-33(21)10-9-32(17)15-19-6-8-27-23(12-19)28-18(2)35/h6,8,12-14,17,20H,7,9-11,15-16H2,1-5H3,(H,27,28,35)(H,29,30,31)/t17?,20-/m1/s1. The molecule has 1 fully saturated rings. The fourth-order valence-corrected chi connectivity index (χ4v) is 5.02. The lowest BCUT2D eigenvalue weighted by Crippen LogP contribution is -2.36. The van der Waals surface area contributed by atoms with Gasteiger partial charge in [-0.15, -0.1) is 0 Å². The van der Waals surface area contributed by atoms with E-state index in [9.17, 15) is 4.79 Å². The molecule has 0 saturated carbocycles. The Morgan fingerprint density at radius 3 is 2.67 bits per heavy atom. The van der Waals surface area contributed by atoms with Gasteiger partial charge in [0.15, 0.2) is 11.6 Å². The molecule has 2 N–H and O–H groups in total. The third-order valence-corrected chi connectivity index (χ3v) is 6.91. The molecule has 1 amide bonds. The SMILES string of the molecule is CC(=O)Nc1cc(CN2CCn3nc(Nc4cc(C(C)(C)C)n([C@@H]5CCOC5)n4)cc3C2C)ccn1. The molecule has 10 nitrogen and oxygen atoms in total. The molecule has 10 heteroatoms. The van der Waals surface area contributed by atoms with Gasteiger partial charge in [-0.2, -0.15) is 10.2 Å². The molecule has 3 aromatic heterocycles. The molecule has 36 heavy (non-hydrogen) atoms. The summed E-state index contributed by atoms with van der Waals surface area (Å²) in [5, 5.41) is 16.0. The number of ether oxygens (including phenoxy) is 1. The molecular formula is C26H36N8O2. The van der Waals surface area contributed by atoms with Crippen molar-refractivity contribution in [2.45, 2.75) is 71.6 Å². The Bertz CT molecular complexity index is 1240. The normalized spacial score (nSPS) is 20.4. The summed E-state index contributed by atoms with van der Waals surface area (Å²) in [6.45, 7) is 14.3. The first kappa shape index (κ1) is 24.5. The van der Waals surface area contributed by atoms with Crippen molar-refractivity contribution in [1.29, 1.82) is 0 Å². The molecule has 5 rings (SSSR count). The molecule has 0 aromatic carbocycles. The lowest BCUT2D eigenvalue weighted by Gasteiger charge is -2.33. The summed E-state index contributed by atoms with van der Waals surface area (Å²) in [4.78, 5) is 18.0. The van der Waals surface area contributed by atoms with E-state index >= 15 is 0 Å². The zero-order chi connectivity index (χ0) is 25.4. The van der Waals surface area contributed by atoms with Crippen LogP contribution < -0.4 is 10.6 Å². The summed E-state index contributed by atoms with van der Waals surface area (Å²) in [7, 11) is 0. The Kier molecular flexibility index (Phi) is 6.57. The van der Waals surface area contributed by atoms with E-state index in [4.69, 9.17) is 14.9 Å². The van der Waals surface area contributed by atoms with Crippen molar-refractivity contribution in [2.24, 2.45) is 0 Å². The predicted molar refractivity (Wildman–Crippen MR) is 138 cm³/mol. The lowest BCUT2D eigenvalue weighted by atomic mass is 9.91. The van der Waals surface area contributed by atoms with Crippen LogP contribution in [0.3, 0.4) is 0 Å². The number of hydrogen-bond acceptors (Lipinski definition) is 7. The van der Waals surface area contributed by atoms with E-state index in [2.05, 4.69) is 69.7 Å². The third kappa shape index (κ3) is 5.15. The number of rotatable bonds is 6. The van der Waals surface area contributed by atoms with Gasteiger partial charge in [0.25, 0.3) is 0 Å². The zero-order valence-corrected chi connectivity index (χ0v) is 21.8. The van der Waals surface area contributed by atoms with Crippen LogP contribution in [0.5, 0.6) is 0 Å². The number of carbonyl (C=O) groups excluding carboxylic acids is 1. The highest BCUT2D eigenvalue weighted by molar-refractivity contribution is 5.87. The lowest BCUT2D eigenvalue weighted by molar-refractivity contribution is -0.114. The number of carbonyl (C=O) groups is 1. The second-order valence-electron chi connectivity index (χ2n) is 10.8. The highest BCUT2D eigenvalue weighted by Gasteiger charge is 2.29. The first-order chi connectivity index (χ1) is 17.2. The van der Waals surface area contributed by atoms with Crippen molar-refractivity contribution in [3.05, 3.63) is 47.4 Å². The second kappa shape index (κ2) is 9.67. The first-order valence-electron chi connectivity index (χ1n) is 12.7. The molecule has 0 radical (unpaired) electrons. The van der Waals surface area contributed by atoms with Gasteiger partial charge in [-0.25, -0.2) is 4.98 Å². The number of nitrogens with zero attached hydrogens (tertiary/aromatic N) is 6. The van der Waals surface area contributed by atoms with Gasteiger partial charge in [0.05, 0.1) is 24.9 Å². The highest BCUT2D eigenvalue weighted by Crippen LogP contribution is 2.33. The van der Waals surface area contributed by atoms with Gasteiger partial charge in [-0.1, -0.05) is 20.8 Å². The molecule has 3 aromatic rings. The summed E-state index contributed by atoms with van der Waals surface area (Å²) in [5.74, 6) is 2.09. The van der Waals surface area contributed by atoms with E-state index in [0.29, 0.717) is 12.4 Å². The van der Waals surface area contributed by atoms with Crippen molar-refractivity contribution >= 4 is 23.4 Å². The number of pyridine rings is 1. The minimum atomic E-state index is -0.119. The number of aromatic nitrogens is 5. The number of hydrogen-bond donors (Lipinski definition) is 2. The molecule has 0 spiro atoms. The fourth-order valence-electron chi connectivity index (χ4n) is 5.02. The van der Waals surface area contributed by atoms with E-state index in [1.165, 1.54) is 18.3 Å². The highest BCUT2D eigenvalue weighted by atomic mass is 16.5. The largest absolute Gasteiger partial charge is 0.379 e.